The highest BCUT2D eigenvalue weighted by Gasteiger charge is 2.15. The molecule has 0 atom stereocenters. The zero-order chi connectivity index (χ0) is 11.4. The number of hydrogen-bond donors (Lipinski definition) is 2. The first-order valence-corrected chi connectivity index (χ1v) is 6.34. The molecule has 2 heterocycles. The molecule has 0 unspecified atom stereocenters. The second kappa shape index (κ2) is 5.27. The molecule has 0 radical (unpaired) electrons. The van der Waals surface area contributed by atoms with E-state index in [2.05, 4.69) is 15.3 Å². The molecule has 5 nitrogen and oxygen atoms in total. The molecule has 1 amide bonds. The third-order valence-electron chi connectivity index (χ3n) is 2.72. The highest BCUT2D eigenvalue weighted by Crippen LogP contribution is 2.24. The third kappa shape index (κ3) is 2.51. The summed E-state index contributed by atoms with van der Waals surface area (Å²) in [4.78, 5) is 18.4. The Hall–Kier alpha value is -1.14. The first-order valence-electron chi connectivity index (χ1n) is 5.53. The Morgan fingerprint density at radius 2 is 2.06 bits per heavy atom. The highest BCUT2D eigenvalue weighted by atomic mass is 32.1. The van der Waals surface area contributed by atoms with Crippen molar-refractivity contribution < 1.29 is 4.79 Å². The lowest BCUT2D eigenvalue weighted by Gasteiger charge is -2.18. The molecule has 3 N–H and O–H groups in total. The highest BCUT2D eigenvalue weighted by molar-refractivity contribution is 7.17. The standard InChI is InChI=1S/C10H16N4OS/c11-13-9(15)8-7-12-10(16-8)14-5-3-1-2-4-6-14/h7H,1-6,11H2,(H,13,15). The Morgan fingerprint density at radius 1 is 1.38 bits per heavy atom. The summed E-state index contributed by atoms with van der Waals surface area (Å²) in [5.74, 6) is 4.82. The monoisotopic (exact) mass is 240 g/mol. The van der Waals surface area contributed by atoms with E-state index in [4.69, 9.17) is 5.84 Å². The lowest BCUT2D eigenvalue weighted by Crippen LogP contribution is -2.29. The predicted octanol–water partition coefficient (Wildman–Crippen LogP) is 1.13. The van der Waals surface area contributed by atoms with Gasteiger partial charge in [-0.15, -0.1) is 0 Å². The van der Waals surface area contributed by atoms with Crippen LogP contribution in [0.1, 0.15) is 35.4 Å². The van der Waals surface area contributed by atoms with E-state index in [1.165, 1.54) is 37.0 Å². The van der Waals surface area contributed by atoms with E-state index < -0.39 is 0 Å². The Balaban J connectivity index is 2.08. The molecule has 88 valence electrons. The minimum Gasteiger partial charge on any atom is -0.348 e. The number of hydrazine groups is 1. The van der Waals surface area contributed by atoms with Gasteiger partial charge in [0.05, 0.1) is 6.20 Å². The van der Waals surface area contributed by atoms with Gasteiger partial charge < -0.3 is 4.90 Å². The molecule has 0 bridgehead atoms. The molecule has 1 aliphatic rings. The summed E-state index contributed by atoms with van der Waals surface area (Å²) in [6.45, 7) is 2.08. The number of carbonyl (C=O) groups excluding carboxylic acids is 1. The van der Waals surface area contributed by atoms with Crippen LogP contribution in [0, 0.1) is 0 Å². The van der Waals surface area contributed by atoms with Crippen LogP contribution in [0.15, 0.2) is 6.20 Å². The Kier molecular flexibility index (Phi) is 3.74. The van der Waals surface area contributed by atoms with Crippen molar-refractivity contribution in [1.82, 2.24) is 10.4 Å². The van der Waals surface area contributed by atoms with E-state index in [1.807, 2.05) is 0 Å². The maximum absolute atomic E-state index is 11.3. The van der Waals surface area contributed by atoms with Crippen LogP contribution in [-0.4, -0.2) is 24.0 Å². The topological polar surface area (TPSA) is 71.2 Å². The molecule has 1 fully saturated rings. The number of nitrogens with two attached hydrogens (primary N) is 1. The quantitative estimate of drug-likeness (QED) is 0.462. The summed E-state index contributed by atoms with van der Waals surface area (Å²) in [7, 11) is 0. The van der Waals surface area contributed by atoms with Crippen LogP contribution in [0.25, 0.3) is 0 Å². The Bertz CT molecular complexity index is 357. The van der Waals surface area contributed by atoms with Gasteiger partial charge in [0.2, 0.25) is 0 Å². The fourth-order valence-corrected chi connectivity index (χ4v) is 2.72. The van der Waals surface area contributed by atoms with Crippen LogP contribution in [0.2, 0.25) is 0 Å². The van der Waals surface area contributed by atoms with Crippen LogP contribution in [0.3, 0.4) is 0 Å². The van der Waals surface area contributed by atoms with E-state index in [0.717, 1.165) is 18.2 Å². The fraction of sp³-hybridized carbons (Fsp3) is 0.600. The second-order valence-corrected chi connectivity index (χ2v) is 4.89. The van der Waals surface area contributed by atoms with Gasteiger partial charge >= 0.3 is 0 Å². The number of nitrogen functional groups attached to an aromatic ring is 1. The lowest BCUT2D eigenvalue weighted by atomic mass is 10.2. The van der Waals surface area contributed by atoms with Crippen molar-refractivity contribution in [2.75, 3.05) is 18.0 Å². The van der Waals surface area contributed by atoms with Gasteiger partial charge in [0.15, 0.2) is 5.13 Å². The third-order valence-corrected chi connectivity index (χ3v) is 3.78. The molecule has 1 aliphatic heterocycles. The molecule has 1 aromatic rings. The van der Waals surface area contributed by atoms with Crippen molar-refractivity contribution in [3.63, 3.8) is 0 Å². The number of carbonyl (C=O) groups is 1. The van der Waals surface area contributed by atoms with Crippen LogP contribution >= 0.6 is 11.3 Å². The molecule has 0 spiro atoms. The molecule has 0 aromatic carbocycles. The summed E-state index contributed by atoms with van der Waals surface area (Å²) in [6, 6.07) is 0. The van der Waals surface area contributed by atoms with Gasteiger partial charge in [-0.2, -0.15) is 0 Å². The van der Waals surface area contributed by atoms with E-state index in [9.17, 15) is 4.79 Å². The number of hydrogen-bond acceptors (Lipinski definition) is 5. The lowest BCUT2D eigenvalue weighted by molar-refractivity contribution is 0.0957. The van der Waals surface area contributed by atoms with Crippen LogP contribution in [0.4, 0.5) is 5.13 Å². The summed E-state index contributed by atoms with van der Waals surface area (Å²) < 4.78 is 0. The molecule has 0 saturated carbocycles. The minimum absolute atomic E-state index is 0.265. The van der Waals surface area contributed by atoms with Gasteiger partial charge in [0.25, 0.3) is 5.91 Å². The fourth-order valence-electron chi connectivity index (χ4n) is 1.85. The van der Waals surface area contributed by atoms with Gasteiger partial charge in [-0.3, -0.25) is 10.2 Å². The van der Waals surface area contributed by atoms with Crippen molar-refractivity contribution in [3.8, 4) is 0 Å². The number of amides is 1. The zero-order valence-electron chi connectivity index (χ0n) is 9.11. The van der Waals surface area contributed by atoms with Crippen LogP contribution < -0.4 is 16.2 Å². The van der Waals surface area contributed by atoms with Gasteiger partial charge in [0.1, 0.15) is 4.88 Å². The van der Waals surface area contributed by atoms with Gasteiger partial charge in [-0.05, 0) is 12.8 Å². The number of rotatable bonds is 2. The van der Waals surface area contributed by atoms with Crippen LogP contribution in [0.5, 0.6) is 0 Å². The normalized spacial score (nSPS) is 16.9. The minimum atomic E-state index is -0.265. The van der Waals surface area contributed by atoms with Crippen LogP contribution in [-0.2, 0) is 0 Å². The zero-order valence-corrected chi connectivity index (χ0v) is 9.92. The molecule has 6 heteroatoms. The van der Waals surface area contributed by atoms with Crippen molar-refractivity contribution in [2.24, 2.45) is 5.84 Å². The van der Waals surface area contributed by atoms with E-state index in [-0.39, 0.29) is 5.91 Å². The van der Waals surface area contributed by atoms with Crippen molar-refractivity contribution in [3.05, 3.63) is 11.1 Å². The smallest absolute Gasteiger partial charge is 0.276 e. The van der Waals surface area contributed by atoms with Crippen molar-refractivity contribution in [1.29, 1.82) is 0 Å². The largest absolute Gasteiger partial charge is 0.348 e. The van der Waals surface area contributed by atoms with E-state index in [1.54, 1.807) is 6.20 Å². The van der Waals surface area contributed by atoms with Gasteiger partial charge in [-0.1, -0.05) is 24.2 Å². The van der Waals surface area contributed by atoms with Crippen molar-refractivity contribution >= 4 is 22.4 Å². The number of anilines is 1. The maximum Gasteiger partial charge on any atom is 0.276 e. The molecule has 16 heavy (non-hydrogen) atoms. The number of thiazole rings is 1. The van der Waals surface area contributed by atoms with Crippen molar-refractivity contribution in [2.45, 2.75) is 25.7 Å². The Morgan fingerprint density at radius 3 is 2.69 bits per heavy atom. The summed E-state index contributed by atoms with van der Waals surface area (Å²) in [6.07, 6.45) is 6.58. The molecule has 1 aromatic heterocycles. The number of aromatic nitrogens is 1. The molecule has 0 aliphatic carbocycles. The van der Waals surface area contributed by atoms with E-state index >= 15 is 0 Å². The molecule has 1 saturated heterocycles. The summed E-state index contributed by atoms with van der Waals surface area (Å²) >= 11 is 1.40. The molecule has 2 rings (SSSR count). The molecular weight excluding hydrogens is 224 g/mol. The number of nitrogens with one attached hydrogen (secondary N) is 1. The maximum atomic E-state index is 11.3. The van der Waals surface area contributed by atoms with Gasteiger partial charge in [-0.25, -0.2) is 10.8 Å². The summed E-state index contributed by atoms with van der Waals surface area (Å²) in [5.41, 5.74) is 2.12. The SMILES string of the molecule is NNC(=O)c1cnc(N2CCCCCC2)s1. The number of nitrogens with zero attached hydrogens (tertiary/aromatic N) is 2. The second-order valence-electron chi connectivity index (χ2n) is 3.88. The first-order chi connectivity index (χ1) is 7.81. The molecular formula is C10H16N4OS. The Labute approximate surface area is 98.6 Å². The summed E-state index contributed by atoms with van der Waals surface area (Å²) in [5, 5.41) is 0.931. The van der Waals surface area contributed by atoms with Gasteiger partial charge in [0, 0.05) is 13.1 Å². The average molecular weight is 240 g/mol. The van der Waals surface area contributed by atoms with E-state index in [0.29, 0.717) is 4.88 Å². The first kappa shape index (κ1) is 11.3. The average Bonchev–Trinajstić information content (AvgIpc) is 2.64. The predicted molar refractivity (Wildman–Crippen MR) is 64.4 cm³/mol.